The van der Waals surface area contributed by atoms with Crippen molar-refractivity contribution in [2.24, 2.45) is 0 Å². The van der Waals surface area contributed by atoms with Gasteiger partial charge in [0.05, 0.1) is 11.2 Å². The number of aromatic nitrogens is 2. The summed E-state index contributed by atoms with van der Waals surface area (Å²) in [5, 5.41) is 2.49. The van der Waals surface area contributed by atoms with Crippen LogP contribution >= 0.6 is 0 Å². The van der Waals surface area contributed by atoms with Gasteiger partial charge in [-0.15, -0.1) is 0 Å². The molecule has 0 spiro atoms. The second-order valence-electron chi connectivity index (χ2n) is 5.83. The van der Waals surface area contributed by atoms with Crippen molar-refractivity contribution < 1.29 is 22.5 Å². The van der Waals surface area contributed by atoms with E-state index in [-0.39, 0.29) is 11.4 Å². The molecular weight excluding hydrogens is 286 g/mol. The van der Waals surface area contributed by atoms with E-state index in [0.717, 1.165) is 6.20 Å². The zero-order valence-corrected chi connectivity index (χ0v) is 12.5. The van der Waals surface area contributed by atoms with Gasteiger partial charge in [-0.1, -0.05) is 0 Å². The van der Waals surface area contributed by atoms with Gasteiger partial charge in [0.1, 0.15) is 5.69 Å². The fourth-order valence-corrected chi connectivity index (χ4v) is 1.88. The second kappa shape index (κ2) is 4.84. The molecule has 0 radical (unpaired) electrons. The molecule has 21 heavy (non-hydrogen) atoms. The van der Waals surface area contributed by atoms with Crippen LogP contribution in [0.4, 0.5) is 19.1 Å². The Morgan fingerprint density at radius 3 is 2.10 bits per heavy atom. The third kappa shape index (κ3) is 2.84. The highest BCUT2D eigenvalue weighted by molar-refractivity contribution is 6.62. The van der Waals surface area contributed by atoms with E-state index in [9.17, 15) is 13.2 Å². The minimum absolute atomic E-state index is 0.109. The summed E-state index contributed by atoms with van der Waals surface area (Å²) >= 11 is 0. The van der Waals surface area contributed by atoms with Crippen LogP contribution < -0.4 is 10.8 Å². The molecule has 0 aliphatic carbocycles. The molecule has 1 saturated heterocycles. The van der Waals surface area contributed by atoms with Crippen LogP contribution in [-0.4, -0.2) is 35.3 Å². The summed E-state index contributed by atoms with van der Waals surface area (Å²) in [6, 6.07) is 0. The van der Waals surface area contributed by atoms with Crippen molar-refractivity contribution in [1.29, 1.82) is 0 Å². The fraction of sp³-hybridized carbons (Fsp3) is 0.667. The summed E-state index contributed by atoms with van der Waals surface area (Å²) in [5.74, 6) is -0.109. The number of rotatable bonds is 2. The van der Waals surface area contributed by atoms with Gasteiger partial charge >= 0.3 is 13.3 Å². The van der Waals surface area contributed by atoms with Crippen LogP contribution in [0.5, 0.6) is 0 Å². The van der Waals surface area contributed by atoms with Gasteiger partial charge < -0.3 is 14.6 Å². The highest BCUT2D eigenvalue weighted by atomic mass is 19.4. The van der Waals surface area contributed by atoms with Gasteiger partial charge in [-0.2, -0.15) is 13.2 Å². The molecule has 0 atom stereocenters. The maximum Gasteiger partial charge on any atom is 0.498 e. The topological polar surface area (TPSA) is 56.3 Å². The first-order chi connectivity index (χ1) is 9.48. The SMILES string of the molecule is CNc1ncc(B2OC(C)(C)C(C)(C)O2)c(C(F)(F)F)n1. The predicted molar refractivity (Wildman–Crippen MR) is 72.3 cm³/mol. The maximum absolute atomic E-state index is 13.2. The average Bonchev–Trinajstić information content (AvgIpc) is 2.56. The third-order valence-corrected chi connectivity index (χ3v) is 3.82. The lowest BCUT2D eigenvalue weighted by molar-refractivity contribution is -0.140. The van der Waals surface area contributed by atoms with Crippen molar-refractivity contribution in [3.8, 4) is 0 Å². The van der Waals surface area contributed by atoms with E-state index in [0.29, 0.717) is 0 Å². The number of nitrogens with zero attached hydrogens (tertiary/aromatic N) is 2. The molecule has 0 aromatic carbocycles. The maximum atomic E-state index is 13.2. The Morgan fingerprint density at radius 2 is 1.67 bits per heavy atom. The zero-order chi connectivity index (χ0) is 16.1. The van der Waals surface area contributed by atoms with E-state index in [2.05, 4.69) is 15.3 Å². The average molecular weight is 303 g/mol. The molecule has 116 valence electrons. The van der Waals surface area contributed by atoms with Crippen LogP contribution in [0.15, 0.2) is 6.20 Å². The van der Waals surface area contributed by atoms with Crippen LogP contribution in [0.25, 0.3) is 0 Å². The molecule has 2 heterocycles. The number of halogens is 3. The number of hydrogen-bond donors (Lipinski definition) is 1. The zero-order valence-electron chi connectivity index (χ0n) is 12.5. The van der Waals surface area contributed by atoms with Crippen molar-refractivity contribution in [3.63, 3.8) is 0 Å². The van der Waals surface area contributed by atoms with E-state index in [1.54, 1.807) is 27.7 Å². The number of nitrogens with one attached hydrogen (secondary N) is 1. The van der Waals surface area contributed by atoms with Crippen LogP contribution in [0.2, 0.25) is 0 Å². The molecule has 1 aliphatic heterocycles. The normalized spacial score (nSPS) is 20.7. The van der Waals surface area contributed by atoms with Gasteiger partial charge in [0.25, 0.3) is 0 Å². The first-order valence-corrected chi connectivity index (χ1v) is 6.45. The lowest BCUT2D eigenvalue weighted by Crippen LogP contribution is -2.41. The minimum Gasteiger partial charge on any atom is -0.399 e. The van der Waals surface area contributed by atoms with E-state index in [1.165, 1.54) is 7.05 Å². The third-order valence-electron chi connectivity index (χ3n) is 3.82. The van der Waals surface area contributed by atoms with E-state index >= 15 is 0 Å². The van der Waals surface area contributed by atoms with Gasteiger partial charge in [-0.3, -0.25) is 0 Å². The van der Waals surface area contributed by atoms with Crippen molar-refractivity contribution in [2.45, 2.75) is 45.1 Å². The van der Waals surface area contributed by atoms with E-state index in [4.69, 9.17) is 9.31 Å². The monoisotopic (exact) mass is 303 g/mol. The van der Waals surface area contributed by atoms with Crippen LogP contribution in [0.1, 0.15) is 33.4 Å². The van der Waals surface area contributed by atoms with Crippen LogP contribution in [0, 0.1) is 0 Å². The summed E-state index contributed by atoms with van der Waals surface area (Å²) in [5.41, 5.74) is -2.75. The second-order valence-corrected chi connectivity index (χ2v) is 5.83. The Balaban J connectivity index is 2.46. The number of hydrogen-bond acceptors (Lipinski definition) is 5. The summed E-state index contributed by atoms with van der Waals surface area (Å²) < 4.78 is 50.8. The van der Waals surface area contributed by atoms with Gasteiger partial charge in [0, 0.05) is 18.7 Å². The molecule has 2 rings (SSSR count). The Hall–Kier alpha value is -1.35. The molecule has 1 N–H and O–H groups in total. The minimum atomic E-state index is -4.62. The summed E-state index contributed by atoms with van der Waals surface area (Å²) in [4.78, 5) is 7.32. The van der Waals surface area contributed by atoms with Crippen LogP contribution in [0.3, 0.4) is 0 Å². The summed E-state index contributed by atoms with van der Waals surface area (Å²) in [6.07, 6.45) is -3.53. The highest BCUT2D eigenvalue weighted by Gasteiger charge is 2.54. The quantitative estimate of drug-likeness (QED) is 0.845. The molecule has 0 saturated carbocycles. The first kappa shape index (κ1) is 16.0. The lowest BCUT2D eigenvalue weighted by Gasteiger charge is -2.32. The smallest absolute Gasteiger partial charge is 0.399 e. The number of alkyl halides is 3. The van der Waals surface area contributed by atoms with Crippen molar-refractivity contribution in [2.75, 3.05) is 12.4 Å². The molecule has 1 aliphatic rings. The van der Waals surface area contributed by atoms with Gasteiger partial charge in [-0.05, 0) is 27.7 Å². The summed E-state index contributed by atoms with van der Waals surface area (Å²) in [7, 11) is 0.293. The Bertz CT molecular complexity index is 533. The molecule has 1 aromatic heterocycles. The molecule has 5 nitrogen and oxygen atoms in total. The van der Waals surface area contributed by atoms with Gasteiger partial charge in [0.15, 0.2) is 0 Å². The standard InChI is InChI=1S/C12H17BF3N3O2/c1-10(2)11(3,4)21-13(20-10)7-6-18-9(17-5)19-8(7)12(14,15)16/h6H,1-5H3,(H,17,18,19). The molecule has 0 amide bonds. The fourth-order valence-electron chi connectivity index (χ4n) is 1.88. The Kier molecular flexibility index (Phi) is 3.70. The van der Waals surface area contributed by atoms with Crippen molar-refractivity contribution in [1.82, 2.24) is 9.97 Å². The van der Waals surface area contributed by atoms with E-state index < -0.39 is 30.2 Å². The van der Waals surface area contributed by atoms with Gasteiger partial charge in [0.2, 0.25) is 5.95 Å². The molecule has 0 unspecified atom stereocenters. The van der Waals surface area contributed by atoms with Gasteiger partial charge in [-0.25, -0.2) is 9.97 Å². The lowest BCUT2D eigenvalue weighted by atomic mass is 9.78. The highest BCUT2D eigenvalue weighted by Crippen LogP contribution is 2.37. The number of anilines is 1. The molecule has 1 fully saturated rings. The molecule has 1 aromatic rings. The molecule has 9 heteroatoms. The molecule has 0 bridgehead atoms. The summed E-state index contributed by atoms with van der Waals surface area (Å²) in [6.45, 7) is 7.07. The van der Waals surface area contributed by atoms with Crippen LogP contribution in [-0.2, 0) is 15.5 Å². The Labute approximate surface area is 121 Å². The molecular formula is C12H17BF3N3O2. The first-order valence-electron chi connectivity index (χ1n) is 6.45. The van der Waals surface area contributed by atoms with Crippen molar-refractivity contribution in [3.05, 3.63) is 11.9 Å². The van der Waals surface area contributed by atoms with Crippen molar-refractivity contribution >= 4 is 18.5 Å². The van der Waals surface area contributed by atoms with E-state index in [1.807, 2.05) is 0 Å². The Morgan fingerprint density at radius 1 is 1.14 bits per heavy atom. The largest absolute Gasteiger partial charge is 0.498 e. The predicted octanol–water partition coefficient (Wildman–Crippen LogP) is 1.84.